The first-order valence-corrected chi connectivity index (χ1v) is 18.9. The second-order valence-corrected chi connectivity index (χ2v) is 14.6. The molecule has 0 fully saturated rings. The minimum Gasteiger partial charge on any atom is -0.456 e. The Labute approximate surface area is 315 Å². The second-order valence-electron chi connectivity index (χ2n) is 13.6. The van der Waals surface area contributed by atoms with Crippen molar-refractivity contribution in [3.63, 3.8) is 0 Å². The predicted octanol–water partition coefficient (Wildman–Crippen LogP) is 14.1. The van der Waals surface area contributed by atoms with Crippen molar-refractivity contribution in [1.82, 2.24) is 9.55 Å². The van der Waals surface area contributed by atoms with Gasteiger partial charge < -0.3 is 13.9 Å². The zero-order chi connectivity index (χ0) is 35.6. The Kier molecular flexibility index (Phi) is 7.00. The molecule has 0 N–H and O–H groups in total. The molecule has 11 rings (SSSR count). The lowest BCUT2D eigenvalue weighted by Crippen LogP contribution is -2.10. The molecule has 5 heteroatoms. The van der Waals surface area contributed by atoms with Crippen LogP contribution in [-0.2, 0) is 0 Å². The first kappa shape index (κ1) is 30.7. The molecule has 4 nitrogen and oxygen atoms in total. The molecule has 3 heterocycles. The SMILES string of the molecule is c1ccc(-c2ccc(N(c3ccc4c5ccccc5n(-c5ccccc5)c4c3)c3cccc4oc5cc6nc(-c7ccccc7)sc6cc5c34)cc2)cc1. The molecule has 254 valence electrons. The number of thiazole rings is 1. The van der Waals surface area contributed by atoms with Crippen LogP contribution in [0.1, 0.15) is 0 Å². The van der Waals surface area contributed by atoms with Crippen molar-refractivity contribution in [1.29, 1.82) is 0 Å². The van der Waals surface area contributed by atoms with Gasteiger partial charge in [-0.1, -0.05) is 121 Å². The zero-order valence-corrected chi connectivity index (χ0v) is 29.9. The van der Waals surface area contributed by atoms with E-state index >= 15 is 0 Å². The van der Waals surface area contributed by atoms with Crippen LogP contribution in [0.4, 0.5) is 17.1 Å². The summed E-state index contributed by atoms with van der Waals surface area (Å²) in [6, 6.07) is 66.8. The summed E-state index contributed by atoms with van der Waals surface area (Å²) < 4.78 is 10.1. The molecule has 0 aliphatic heterocycles. The highest BCUT2D eigenvalue weighted by Crippen LogP contribution is 2.46. The zero-order valence-electron chi connectivity index (χ0n) is 29.1. The standard InChI is InChI=1S/C49H31N3OS/c1-4-13-32(14-5-1)33-23-25-36(26-24-33)51(37-27-28-39-38-19-10-11-20-42(38)52(44(39)29-37)35-17-8-3-9-18-35)43-21-12-22-45-48(43)40-30-47-41(31-46(40)53-45)50-49(54-47)34-15-6-2-7-16-34/h1-31H. The van der Waals surface area contributed by atoms with Crippen LogP contribution in [0.3, 0.4) is 0 Å². The summed E-state index contributed by atoms with van der Waals surface area (Å²) in [5.41, 5.74) is 12.7. The quantitative estimate of drug-likeness (QED) is 0.172. The van der Waals surface area contributed by atoms with Crippen molar-refractivity contribution < 1.29 is 4.42 Å². The van der Waals surface area contributed by atoms with Gasteiger partial charge in [0.2, 0.25) is 0 Å². The lowest BCUT2D eigenvalue weighted by molar-refractivity contribution is 0.669. The highest BCUT2D eigenvalue weighted by molar-refractivity contribution is 7.21. The van der Waals surface area contributed by atoms with Gasteiger partial charge in [-0.15, -0.1) is 11.3 Å². The van der Waals surface area contributed by atoms with Crippen LogP contribution in [0.25, 0.3) is 81.3 Å². The fourth-order valence-corrected chi connectivity index (χ4v) is 8.93. The summed E-state index contributed by atoms with van der Waals surface area (Å²) in [5, 5.41) is 5.59. The molecular formula is C49H31N3OS. The van der Waals surface area contributed by atoms with Gasteiger partial charge in [0.05, 0.1) is 32.3 Å². The van der Waals surface area contributed by atoms with E-state index in [1.54, 1.807) is 11.3 Å². The Balaban J connectivity index is 1.16. The van der Waals surface area contributed by atoms with Crippen LogP contribution in [0.15, 0.2) is 192 Å². The average Bonchev–Trinajstić information content (AvgIpc) is 3.92. The number of hydrogen-bond donors (Lipinski definition) is 0. The first-order valence-electron chi connectivity index (χ1n) is 18.1. The van der Waals surface area contributed by atoms with Crippen LogP contribution in [-0.4, -0.2) is 9.55 Å². The molecule has 0 unspecified atom stereocenters. The minimum atomic E-state index is 0.828. The molecule has 3 aromatic heterocycles. The van der Waals surface area contributed by atoms with Crippen LogP contribution >= 0.6 is 11.3 Å². The molecule has 0 bridgehead atoms. The van der Waals surface area contributed by atoms with Gasteiger partial charge in [-0.05, 0) is 71.8 Å². The molecule has 0 aliphatic rings. The monoisotopic (exact) mass is 709 g/mol. The lowest BCUT2D eigenvalue weighted by atomic mass is 10.0. The van der Waals surface area contributed by atoms with Crippen LogP contribution < -0.4 is 4.90 Å². The summed E-state index contributed by atoms with van der Waals surface area (Å²) in [6.07, 6.45) is 0. The Hall–Kier alpha value is -6.95. The smallest absolute Gasteiger partial charge is 0.137 e. The van der Waals surface area contributed by atoms with Gasteiger partial charge >= 0.3 is 0 Å². The number of rotatable bonds is 6. The van der Waals surface area contributed by atoms with Gasteiger partial charge in [-0.2, -0.15) is 0 Å². The first-order chi connectivity index (χ1) is 26.8. The fraction of sp³-hybridized carbons (Fsp3) is 0. The van der Waals surface area contributed by atoms with E-state index in [-0.39, 0.29) is 0 Å². The largest absolute Gasteiger partial charge is 0.456 e. The van der Waals surface area contributed by atoms with Gasteiger partial charge in [-0.3, -0.25) is 0 Å². The number of anilines is 3. The molecule has 0 radical (unpaired) electrons. The molecule has 11 aromatic rings. The van der Waals surface area contributed by atoms with Crippen molar-refractivity contribution in [2.24, 2.45) is 0 Å². The second kappa shape index (κ2) is 12.3. The van der Waals surface area contributed by atoms with E-state index < -0.39 is 0 Å². The summed E-state index contributed by atoms with van der Waals surface area (Å²) in [4.78, 5) is 7.39. The van der Waals surface area contributed by atoms with Gasteiger partial charge in [0.15, 0.2) is 0 Å². The molecule has 0 atom stereocenters. The van der Waals surface area contributed by atoms with E-state index in [4.69, 9.17) is 9.40 Å². The highest BCUT2D eigenvalue weighted by atomic mass is 32.1. The van der Waals surface area contributed by atoms with Crippen LogP contribution in [0.2, 0.25) is 0 Å². The molecule has 54 heavy (non-hydrogen) atoms. The number of benzene rings is 8. The Bertz CT molecular complexity index is 3140. The average molecular weight is 710 g/mol. The molecule has 0 amide bonds. The van der Waals surface area contributed by atoms with E-state index in [9.17, 15) is 0 Å². The molecule has 0 saturated heterocycles. The van der Waals surface area contributed by atoms with Gasteiger partial charge in [-0.25, -0.2) is 4.98 Å². The maximum absolute atomic E-state index is 6.64. The normalized spacial score (nSPS) is 11.7. The summed E-state index contributed by atoms with van der Waals surface area (Å²) >= 11 is 1.72. The van der Waals surface area contributed by atoms with Crippen molar-refractivity contribution in [3.05, 3.63) is 188 Å². The number of fused-ring (bicyclic) bond motifs is 7. The molecule has 0 spiro atoms. The Morgan fingerprint density at radius 3 is 1.94 bits per heavy atom. The van der Waals surface area contributed by atoms with Crippen molar-refractivity contribution in [3.8, 4) is 27.4 Å². The molecular weight excluding hydrogens is 679 g/mol. The Morgan fingerprint density at radius 2 is 1.15 bits per heavy atom. The van der Waals surface area contributed by atoms with Crippen LogP contribution in [0.5, 0.6) is 0 Å². The fourth-order valence-electron chi connectivity index (χ4n) is 7.93. The lowest BCUT2D eigenvalue weighted by Gasteiger charge is -2.27. The van der Waals surface area contributed by atoms with Crippen molar-refractivity contribution >= 4 is 82.4 Å². The van der Waals surface area contributed by atoms with Crippen LogP contribution in [0, 0.1) is 0 Å². The maximum atomic E-state index is 6.64. The van der Waals surface area contributed by atoms with E-state index in [0.717, 1.165) is 71.0 Å². The number of aromatic nitrogens is 2. The third-order valence-corrected chi connectivity index (χ3v) is 11.5. The van der Waals surface area contributed by atoms with E-state index in [2.05, 4.69) is 191 Å². The third kappa shape index (κ3) is 4.94. The molecule has 8 aromatic carbocycles. The predicted molar refractivity (Wildman–Crippen MR) is 227 cm³/mol. The number of furan rings is 1. The topological polar surface area (TPSA) is 34.2 Å². The van der Waals surface area contributed by atoms with Crippen molar-refractivity contribution in [2.45, 2.75) is 0 Å². The van der Waals surface area contributed by atoms with Crippen molar-refractivity contribution in [2.75, 3.05) is 4.90 Å². The summed E-state index contributed by atoms with van der Waals surface area (Å²) in [6.45, 7) is 0. The van der Waals surface area contributed by atoms with Gasteiger partial charge in [0.1, 0.15) is 16.2 Å². The minimum absolute atomic E-state index is 0.828. The number of hydrogen-bond acceptors (Lipinski definition) is 4. The van der Waals surface area contributed by atoms with E-state index in [1.807, 2.05) is 6.07 Å². The summed E-state index contributed by atoms with van der Waals surface area (Å²) in [5.74, 6) is 0. The molecule has 0 aliphatic carbocycles. The molecule has 0 saturated carbocycles. The summed E-state index contributed by atoms with van der Waals surface area (Å²) in [7, 11) is 0. The van der Waals surface area contributed by atoms with Gasteiger partial charge in [0, 0.05) is 44.9 Å². The maximum Gasteiger partial charge on any atom is 0.137 e. The number of nitrogens with zero attached hydrogens (tertiary/aromatic N) is 3. The highest BCUT2D eigenvalue weighted by Gasteiger charge is 2.22. The Morgan fingerprint density at radius 1 is 0.481 bits per heavy atom. The van der Waals surface area contributed by atoms with Gasteiger partial charge in [0.25, 0.3) is 0 Å². The number of para-hydroxylation sites is 2. The van der Waals surface area contributed by atoms with E-state index in [1.165, 1.54) is 27.4 Å². The van der Waals surface area contributed by atoms with E-state index in [0.29, 0.717) is 0 Å². The third-order valence-electron chi connectivity index (χ3n) is 10.4.